The smallest absolute Gasteiger partial charge is 0.142 e. The molecule has 0 bridgehead atoms. The summed E-state index contributed by atoms with van der Waals surface area (Å²) in [6.07, 6.45) is 0.127. The van der Waals surface area contributed by atoms with Crippen LogP contribution in [0, 0.1) is 11.3 Å². The maximum Gasteiger partial charge on any atom is 0.142 e. The summed E-state index contributed by atoms with van der Waals surface area (Å²) in [5, 5.41) is 16.4. The van der Waals surface area contributed by atoms with Crippen molar-refractivity contribution in [3.63, 3.8) is 0 Å². The molecular formula is C36H24N4. The van der Waals surface area contributed by atoms with Gasteiger partial charge in [0, 0.05) is 22.1 Å². The van der Waals surface area contributed by atoms with Crippen molar-refractivity contribution in [3.05, 3.63) is 156 Å². The molecule has 0 aliphatic carbocycles. The highest BCUT2D eigenvalue weighted by Crippen LogP contribution is 2.62. The zero-order valence-electron chi connectivity index (χ0n) is 21.6. The first kappa shape index (κ1) is 22.7. The molecule has 0 radical (unpaired) electrons. The molecule has 0 spiro atoms. The molecule has 0 N–H and O–H groups in total. The van der Waals surface area contributed by atoms with E-state index in [9.17, 15) is 5.26 Å². The monoisotopic (exact) mass is 512 g/mol. The van der Waals surface area contributed by atoms with Crippen molar-refractivity contribution < 1.29 is 0 Å². The second kappa shape index (κ2) is 8.91. The van der Waals surface area contributed by atoms with Gasteiger partial charge < -0.3 is 0 Å². The van der Waals surface area contributed by atoms with Crippen molar-refractivity contribution in [2.75, 3.05) is 5.01 Å². The van der Waals surface area contributed by atoms with E-state index in [-0.39, 0.29) is 12.2 Å². The van der Waals surface area contributed by atoms with Gasteiger partial charge in [-0.05, 0) is 16.7 Å². The highest BCUT2D eigenvalue weighted by molar-refractivity contribution is 6.07. The van der Waals surface area contributed by atoms with Crippen LogP contribution >= 0.6 is 0 Å². The number of fused-ring (bicyclic) bond motifs is 5. The van der Waals surface area contributed by atoms with Gasteiger partial charge in [-0.25, -0.2) is 4.98 Å². The molecule has 4 nitrogen and oxygen atoms in total. The Morgan fingerprint density at radius 2 is 1.20 bits per heavy atom. The average molecular weight is 513 g/mol. The Morgan fingerprint density at radius 1 is 0.625 bits per heavy atom. The van der Waals surface area contributed by atoms with Crippen molar-refractivity contribution in [3.8, 4) is 28.5 Å². The quantitative estimate of drug-likeness (QED) is 0.223. The van der Waals surface area contributed by atoms with E-state index in [1.54, 1.807) is 0 Å². The lowest BCUT2D eigenvalue weighted by Gasteiger charge is -2.19. The van der Waals surface area contributed by atoms with Crippen molar-refractivity contribution in [2.24, 2.45) is 0 Å². The minimum absolute atomic E-state index is 0.0867. The Bertz CT molecular complexity index is 1910. The van der Waals surface area contributed by atoms with Crippen LogP contribution in [0.4, 0.5) is 5.69 Å². The molecular weight excluding hydrogens is 488 g/mol. The topological polar surface area (TPSA) is 42.7 Å². The summed E-state index contributed by atoms with van der Waals surface area (Å²) in [5.41, 5.74) is 10.0. The first-order valence-corrected chi connectivity index (χ1v) is 13.5. The van der Waals surface area contributed by atoms with E-state index in [1.807, 2.05) is 48.5 Å². The van der Waals surface area contributed by atoms with E-state index in [2.05, 4.69) is 101 Å². The summed E-state index contributed by atoms with van der Waals surface area (Å²) in [5.74, 6) is 0. The molecule has 2 aliphatic rings. The molecule has 188 valence electrons. The fourth-order valence-corrected chi connectivity index (χ4v) is 6.33. The molecule has 4 heteroatoms. The zero-order chi connectivity index (χ0) is 26.6. The van der Waals surface area contributed by atoms with Crippen LogP contribution < -0.4 is 5.01 Å². The number of anilines is 1. The Labute approximate surface area is 233 Å². The number of benzene rings is 5. The van der Waals surface area contributed by atoms with Crippen LogP contribution in [-0.4, -0.2) is 9.99 Å². The van der Waals surface area contributed by atoms with Gasteiger partial charge in [-0.1, -0.05) is 133 Å². The largest absolute Gasteiger partial charge is 0.276 e. The third kappa shape index (κ3) is 3.32. The summed E-state index contributed by atoms with van der Waals surface area (Å²) < 4.78 is 0. The van der Waals surface area contributed by atoms with Gasteiger partial charge in [-0.3, -0.25) is 5.01 Å². The van der Waals surface area contributed by atoms with Crippen LogP contribution in [0.3, 0.4) is 0 Å². The highest BCUT2D eigenvalue weighted by atomic mass is 15.9. The van der Waals surface area contributed by atoms with E-state index in [0.717, 1.165) is 39.0 Å². The van der Waals surface area contributed by atoms with Gasteiger partial charge in [0.05, 0.1) is 28.5 Å². The van der Waals surface area contributed by atoms with Crippen molar-refractivity contribution in [2.45, 2.75) is 12.2 Å². The van der Waals surface area contributed by atoms with E-state index in [4.69, 9.17) is 4.98 Å². The summed E-state index contributed by atoms with van der Waals surface area (Å²) in [6.45, 7) is 0. The first-order chi connectivity index (χ1) is 19.8. The number of hydrogen-bond acceptors (Lipinski definition) is 4. The minimum Gasteiger partial charge on any atom is -0.276 e. The van der Waals surface area contributed by atoms with Crippen molar-refractivity contribution in [1.29, 1.82) is 5.26 Å². The van der Waals surface area contributed by atoms with Crippen LogP contribution in [0.2, 0.25) is 0 Å². The molecule has 3 unspecified atom stereocenters. The van der Waals surface area contributed by atoms with Crippen LogP contribution in [0.1, 0.15) is 34.5 Å². The van der Waals surface area contributed by atoms with Crippen LogP contribution in [0.15, 0.2) is 133 Å². The standard InChI is InChI=1S/C36H24N4/c37-23-30-31(24-13-5-1-6-14-24)28-21-22-29-34(26-17-9-3-10-18-26)39-36(27-19-11-4-12-20-27)40(39)35(29)33(28)38-32(30)25-15-7-2-8-16-25/h1-22,34,36H. The molecule has 8 rings (SSSR count). The third-order valence-corrected chi connectivity index (χ3v) is 8.06. The first-order valence-electron chi connectivity index (χ1n) is 13.5. The highest BCUT2D eigenvalue weighted by Gasteiger charge is 2.58. The summed E-state index contributed by atoms with van der Waals surface area (Å²) >= 11 is 0. The average Bonchev–Trinajstić information content (AvgIpc) is 3.66. The molecule has 40 heavy (non-hydrogen) atoms. The van der Waals surface area contributed by atoms with Crippen molar-refractivity contribution in [1.82, 2.24) is 9.99 Å². The lowest BCUT2D eigenvalue weighted by atomic mass is 9.89. The number of nitrogens with zero attached hydrogens (tertiary/aromatic N) is 4. The van der Waals surface area contributed by atoms with Gasteiger partial charge in [-0.2, -0.15) is 10.3 Å². The Kier molecular flexibility index (Phi) is 5.06. The second-order valence-electron chi connectivity index (χ2n) is 10.3. The minimum atomic E-state index is 0.0867. The van der Waals surface area contributed by atoms with Gasteiger partial charge in [-0.15, -0.1) is 0 Å². The molecule has 0 amide bonds. The van der Waals surface area contributed by atoms with Crippen LogP contribution in [0.5, 0.6) is 0 Å². The number of aromatic nitrogens is 1. The van der Waals surface area contributed by atoms with Gasteiger partial charge in [0.15, 0.2) is 0 Å². The third-order valence-electron chi connectivity index (χ3n) is 8.06. The van der Waals surface area contributed by atoms with Gasteiger partial charge >= 0.3 is 0 Å². The molecule has 3 atom stereocenters. The van der Waals surface area contributed by atoms with E-state index >= 15 is 0 Å². The number of rotatable bonds is 4. The molecule has 1 fully saturated rings. The summed E-state index contributed by atoms with van der Waals surface area (Å²) in [6, 6.07) is 48.7. The normalized spacial score (nSPS) is 18.7. The fraction of sp³-hybridized carbons (Fsp3) is 0.0556. The van der Waals surface area contributed by atoms with Gasteiger partial charge in [0.25, 0.3) is 0 Å². The fourth-order valence-electron chi connectivity index (χ4n) is 6.33. The lowest BCUT2D eigenvalue weighted by molar-refractivity contribution is 0.446. The number of hydrazine groups is 1. The van der Waals surface area contributed by atoms with Gasteiger partial charge in [0.1, 0.15) is 12.2 Å². The predicted molar refractivity (Wildman–Crippen MR) is 159 cm³/mol. The Hall–Kier alpha value is -5.24. The van der Waals surface area contributed by atoms with E-state index < -0.39 is 0 Å². The maximum atomic E-state index is 10.5. The predicted octanol–water partition coefficient (Wildman–Crippen LogP) is 8.28. The lowest BCUT2D eigenvalue weighted by Crippen LogP contribution is -2.09. The van der Waals surface area contributed by atoms with Crippen molar-refractivity contribution >= 4 is 16.6 Å². The molecule has 1 aromatic heterocycles. The van der Waals surface area contributed by atoms with Gasteiger partial charge in [0.2, 0.25) is 0 Å². The second-order valence-corrected chi connectivity index (χ2v) is 10.3. The maximum absolute atomic E-state index is 10.5. The van der Waals surface area contributed by atoms with E-state index in [1.165, 1.54) is 16.7 Å². The summed E-state index contributed by atoms with van der Waals surface area (Å²) in [7, 11) is 0. The van der Waals surface area contributed by atoms with Crippen LogP contribution in [-0.2, 0) is 0 Å². The summed E-state index contributed by atoms with van der Waals surface area (Å²) in [4.78, 5) is 5.32. The van der Waals surface area contributed by atoms with Crippen LogP contribution in [0.25, 0.3) is 33.3 Å². The Balaban J connectivity index is 1.46. The van der Waals surface area contributed by atoms with E-state index in [0.29, 0.717) is 5.56 Å². The number of pyridine rings is 1. The zero-order valence-corrected chi connectivity index (χ0v) is 21.6. The molecule has 1 saturated heterocycles. The molecule has 6 aromatic rings. The molecule has 5 aromatic carbocycles. The number of hydrogen-bond donors (Lipinski definition) is 0. The Morgan fingerprint density at radius 3 is 1.82 bits per heavy atom. The molecule has 3 heterocycles. The molecule has 2 aliphatic heterocycles. The molecule has 0 saturated carbocycles. The number of nitriles is 1. The SMILES string of the molecule is N#Cc1c(-c2ccccc2)nc2c3c(ccc2c1-c1ccccc1)C(c1ccccc1)N1C(c2ccccc2)N31.